The fraction of sp³-hybridized carbons (Fsp3) is 0.786. The van der Waals surface area contributed by atoms with E-state index in [4.69, 9.17) is 9.72 Å². The van der Waals surface area contributed by atoms with Crippen molar-refractivity contribution in [3.63, 3.8) is 0 Å². The maximum Gasteiger partial charge on any atom is 0.185 e. The third-order valence-electron chi connectivity index (χ3n) is 2.98. The molecule has 20 heavy (non-hydrogen) atoms. The van der Waals surface area contributed by atoms with Crippen molar-refractivity contribution in [2.45, 2.75) is 26.3 Å². The summed E-state index contributed by atoms with van der Waals surface area (Å²) in [6.07, 6.45) is 4.35. The maximum absolute atomic E-state index is 5.06. The van der Waals surface area contributed by atoms with Crippen LogP contribution in [-0.4, -0.2) is 50.8 Å². The van der Waals surface area contributed by atoms with Gasteiger partial charge >= 0.3 is 0 Å². The van der Waals surface area contributed by atoms with E-state index >= 15 is 0 Å². The molecule has 1 rings (SSSR count). The minimum Gasteiger partial charge on any atom is -0.383 e. The van der Waals surface area contributed by atoms with E-state index in [0.717, 1.165) is 50.0 Å². The zero-order valence-electron chi connectivity index (χ0n) is 13.1. The lowest BCUT2D eigenvalue weighted by atomic mass is 10.2. The first-order valence-electron chi connectivity index (χ1n) is 7.11. The van der Waals surface area contributed by atoms with Crippen molar-refractivity contribution in [1.82, 2.24) is 10.3 Å². The number of ether oxygens (including phenoxy) is 1. The molecule has 0 spiro atoms. The minimum atomic E-state index is 0.752. The van der Waals surface area contributed by atoms with E-state index in [2.05, 4.69) is 30.4 Å². The van der Waals surface area contributed by atoms with Crippen LogP contribution in [0.1, 0.15) is 23.9 Å². The fourth-order valence-electron chi connectivity index (χ4n) is 1.80. The molecule has 0 atom stereocenters. The van der Waals surface area contributed by atoms with Crippen LogP contribution in [0.5, 0.6) is 0 Å². The first-order chi connectivity index (χ1) is 9.72. The van der Waals surface area contributed by atoms with E-state index in [0.29, 0.717) is 0 Å². The highest BCUT2D eigenvalue weighted by molar-refractivity contribution is 7.98. The molecular formula is C14H27N3OS2. The molecule has 0 unspecified atom stereocenters. The van der Waals surface area contributed by atoms with Crippen molar-refractivity contribution in [2.75, 3.05) is 50.8 Å². The summed E-state index contributed by atoms with van der Waals surface area (Å²) in [5.74, 6) is 1.14. The Morgan fingerprint density at radius 3 is 2.90 bits per heavy atom. The number of nitrogens with zero attached hydrogens (tertiary/aromatic N) is 2. The molecule has 0 bridgehead atoms. The molecule has 116 valence electrons. The molecule has 0 radical (unpaired) electrons. The number of nitrogens with one attached hydrogen (secondary N) is 1. The molecule has 0 aromatic carbocycles. The van der Waals surface area contributed by atoms with Gasteiger partial charge in [-0.25, -0.2) is 4.98 Å². The van der Waals surface area contributed by atoms with Gasteiger partial charge in [-0.2, -0.15) is 11.8 Å². The van der Waals surface area contributed by atoms with Gasteiger partial charge in [0.1, 0.15) is 0 Å². The maximum atomic E-state index is 5.06. The molecule has 1 aromatic heterocycles. The van der Waals surface area contributed by atoms with Gasteiger partial charge in [0.25, 0.3) is 0 Å². The summed E-state index contributed by atoms with van der Waals surface area (Å²) in [4.78, 5) is 8.45. The van der Waals surface area contributed by atoms with Gasteiger partial charge < -0.3 is 15.0 Å². The zero-order valence-corrected chi connectivity index (χ0v) is 14.7. The van der Waals surface area contributed by atoms with Crippen molar-refractivity contribution in [3.05, 3.63) is 10.6 Å². The van der Waals surface area contributed by atoms with E-state index in [1.165, 1.54) is 10.6 Å². The SMILES string of the molecule is CCCc1nc(N(C)CCSC)sc1CNCCOC. The van der Waals surface area contributed by atoms with Crippen LogP contribution in [0.25, 0.3) is 0 Å². The van der Waals surface area contributed by atoms with Crippen LogP contribution in [0.3, 0.4) is 0 Å². The molecule has 0 amide bonds. The van der Waals surface area contributed by atoms with Crippen molar-refractivity contribution >= 4 is 28.2 Å². The predicted molar refractivity (Wildman–Crippen MR) is 91.3 cm³/mol. The third kappa shape index (κ3) is 5.99. The summed E-state index contributed by atoms with van der Waals surface area (Å²) in [5.41, 5.74) is 1.26. The number of thiazole rings is 1. The molecule has 0 aliphatic carbocycles. The van der Waals surface area contributed by atoms with Crippen LogP contribution in [-0.2, 0) is 17.7 Å². The highest BCUT2D eigenvalue weighted by Crippen LogP contribution is 2.26. The Balaban J connectivity index is 2.63. The summed E-state index contributed by atoms with van der Waals surface area (Å²) in [7, 11) is 3.86. The number of aryl methyl sites for hydroxylation is 1. The molecule has 0 saturated heterocycles. The van der Waals surface area contributed by atoms with Crippen molar-refractivity contribution < 1.29 is 4.74 Å². The lowest BCUT2D eigenvalue weighted by Gasteiger charge is -2.14. The summed E-state index contributed by atoms with van der Waals surface area (Å²) < 4.78 is 5.06. The largest absolute Gasteiger partial charge is 0.383 e. The summed E-state index contributed by atoms with van der Waals surface area (Å²) in [6, 6.07) is 0. The number of aromatic nitrogens is 1. The monoisotopic (exact) mass is 317 g/mol. The van der Waals surface area contributed by atoms with Gasteiger partial charge in [-0.1, -0.05) is 13.3 Å². The topological polar surface area (TPSA) is 37.4 Å². The van der Waals surface area contributed by atoms with Gasteiger partial charge in [0.2, 0.25) is 0 Å². The Kier molecular flexibility index (Phi) is 9.26. The van der Waals surface area contributed by atoms with Gasteiger partial charge in [-0.05, 0) is 12.7 Å². The Morgan fingerprint density at radius 2 is 2.25 bits per heavy atom. The Morgan fingerprint density at radius 1 is 1.45 bits per heavy atom. The lowest BCUT2D eigenvalue weighted by molar-refractivity contribution is 0.199. The van der Waals surface area contributed by atoms with Gasteiger partial charge in [-0.15, -0.1) is 11.3 Å². The lowest BCUT2D eigenvalue weighted by Crippen LogP contribution is -2.19. The number of anilines is 1. The van der Waals surface area contributed by atoms with E-state index in [9.17, 15) is 0 Å². The third-order valence-corrected chi connectivity index (χ3v) is 4.78. The van der Waals surface area contributed by atoms with Crippen molar-refractivity contribution in [1.29, 1.82) is 0 Å². The number of methoxy groups -OCH3 is 1. The van der Waals surface area contributed by atoms with Crippen LogP contribution in [0.4, 0.5) is 5.13 Å². The number of rotatable bonds is 11. The van der Waals surface area contributed by atoms with E-state index in [-0.39, 0.29) is 0 Å². The number of thioether (sulfide) groups is 1. The Hall–Kier alpha value is -0.300. The van der Waals surface area contributed by atoms with Crippen LogP contribution in [0, 0.1) is 0 Å². The molecular weight excluding hydrogens is 290 g/mol. The highest BCUT2D eigenvalue weighted by Gasteiger charge is 2.13. The van der Waals surface area contributed by atoms with Gasteiger partial charge in [0.15, 0.2) is 5.13 Å². The number of hydrogen-bond donors (Lipinski definition) is 1. The number of hydrogen-bond acceptors (Lipinski definition) is 6. The average molecular weight is 318 g/mol. The highest BCUT2D eigenvalue weighted by atomic mass is 32.2. The Bertz CT molecular complexity index is 371. The standard InChI is InChI=1S/C14H27N3OS2/c1-5-6-12-13(11-15-7-9-18-3)20-14(16-12)17(2)8-10-19-4/h15H,5-11H2,1-4H3. The van der Waals surface area contributed by atoms with Crippen LogP contribution in [0.2, 0.25) is 0 Å². The van der Waals surface area contributed by atoms with Crippen LogP contribution < -0.4 is 10.2 Å². The summed E-state index contributed by atoms with van der Waals surface area (Å²) >= 11 is 3.69. The second-order valence-electron chi connectivity index (χ2n) is 4.70. The normalized spacial score (nSPS) is 11.0. The van der Waals surface area contributed by atoms with Crippen molar-refractivity contribution in [3.8, 4) is 0 Å². The predicted octanol–water partition coefficient (Wildman–Crippen LogP) is 2.63. The smallest absolute Gasteiger partial charge is 0.185 e. The quantitative estimate of drug-likeness (QED) is 0.635. The molecule has 0 fully saturated rings. The second kappa shape index (κ2) is 10.4. The molecule has 1 N–H and O–H groups in total. The minimum absolute atomic E-state index is 0.752. The molecule has 4 nitrogen and oxygen atoms in total. The summed E-state index contributed by atoms with van der Waals surface area (Å²) in [6.45, 7) is 5.79. The first kappa shape index (κ1) is 17.8. The molecule has 0 aliphatic heterocycles. The van der Waals surface area contributed by atoms with Gasteiger partial charge in [0, 0.05) is 44.4 Å². The first-order valence-corrected chi connectivity index (χ1v) is 9.32. The van der Waals surface area contributed by atoms with Crippen LogP contribution in [0.15, 0.2) is 0 Å². The molecule has 6 heteroatoms. The zero-order chi connectivity index (χ0) is 14.8. The van der Waals surface area contributed by atoms with E-state index in [1.807, 2.05) is 23.1 Å². The Labute approximate surface area is 131 Å². The van der Waals surface area contributed by atoms with Crippen LogP contribution >= 0.6 is 23.1 Å². The molecule has 1 heterocycles. The molecule has 0 aliphatic rings. The van der Waals surface area contributed by atoms with E-state index in [1.54, 1.807) is 7.11 Å². The van der Waals surface area contributed by atoms with Crippen molar-refractivity contribution in [2.24, 2.45) is 0 Å². The fourth-order valence-corrected chi connectivity index (χ4v) is 3.32. The molecule has 1 aromatic rings. The average Bonchev–Trinajstić information content (AvgIpc) is 2.85. The summed E-state index contributed by atoms with van der Waals surface area (Å²) in [5, 5.41) is 4.56. The van der Waals surface area contributed by atoms with E-state index < -0.39 is 0 Å². The van der Waals surface area contributed by atoms with Gasteiger partial charge in [-0.3, -0.25) is 0 Å². The van der Waals surface area contributed by atoms with Gasteiger partial charge in [0.05, 0.1) is 12.3 Å². The molecule has 0 saturated carbocycles. The second-order valence-corrected chi connectivity index (χ2v) is 6.75.